The van der Waals surface area contributed by atoms with Gasteiger partial charge in [-0.2, -0.15) is 13.2 Å². The maximum atomic E-state index is 13.5. The van der Waals surface area contributed by atoms with E-state index in [9.17, 15) is 32.6 Å². The van der Waals surface area contributed by atoms with E-state index < -0.39 is 41.7 Å². The summed E-state index contributed by atoms with van der Waals surface area (Å²) in [5, 5.41) is 19.3. The Bertz CT molecular complexity index is 912. The zero-order valence-electron chi connectivity index (χ0n) is 14.9. The van der Waals surface area contributed by atoms with Crippen LogP contribution in [-0.2, 0) is 12.7 Å². The first-order valence-electron chi connectivity index (χ1n) is 8.48. The summed E-state index contributed by atoms with van der Waals surface area (Å²) in [5.41, 5.74) is 4.24. The number of pyridine rings is 1. The molecule has 1 aromatic heterocycles. The van der Waals surface area contributed by atoms with E-state index in [1.807, 2.05) is 0 Å². The van der Waals surface area contributed by atoms with Gasteiger partial charge in [0.1, 0.15) is 29.5 Å². The highest BCUT2D eigenvalue weighted by Crippen LogP contribution is 2.32. The minimum atomic E-state index is -4.72. The molecule has 29 heavy (non-hydrogen) atoms. The highest BCUT2D eigenvalue weighted by atomic mass is 19.4. The van der Waals surface area contributed by atoms with Gasteiger partial charge in [-0.15, -0.1) is 0 Å². The summed E-state index contributed by atoms with van der Waals surface area (Å²) < 4.78 is 57.8. The smallest absolute Gasteiger partial charge is 0.433 e. The number of β-amino-alcohol motifs (C(OH)–C–C–N with tert-alkyl or cyclic N) is 1. The fourth-order valence-electron chi connectivity index (χ4n) is 2.86. The minimum Gasteiger partial charge on any atom is -0.508 e. The maximum absolute atomic E-state index is 13.5. The molecule has 1 aromatic carbocycles. The normalized spacial score (nSPS) is 19.4. The number of nitrogens with two attached hydrogens (primary N) is 1. The molecule has 11 heteroatoms. The number of phenols is 1. The monoisotopic (exact) mass is 415 g/mol. The number of aromatic nitrogens is 1. The fraction of sp³-hybridized carbons (Fsp3) is 0.333. The van der Waals surface area contributed by atoms with Crippen molar-refractivity contribution >= 4 is 5.91 Å². The molecule has 1 aliphatic rings. The van der Waals surface area contributed by atoms with Gasteiger partial charge in [0.05, 0.1) is 6.54 Å². The molecule has 7 nitrogen and oxygen atoms in total. The van der Waals surface area contributed by atoms with Crippen LogP contribution < -0.4 is 10.5 Å². The van der Waals surface area contributed by atoms with Crippen LogP contribution in [0.25, 0.3) is 0 Å². The molecule has 1 amide bonds. The molecule has 2 aromatic rings. The molecule has 0 radical (unpaired) electrons. The summed E-state index contributed by atoms with van der Waals surface area (Å²) in [6.45, 7) is -0.727. The molecule has 1 aliphatic heterocycles. The van der Waals surface area contributed by atoms with E-state index in [-0.39, 0.29) is 36.5 Å². The predicted molar refractivity (Wildman–Crippen MR) is 92.1 cm³/mol. The number of amides is 1. The lowest BCUT2D eigenvalue weighted by Gasteiger charge is -2.16. The molecule has 1 saturated heterocycles. The van der Waals surface area contributed by atoms with Crippen LogP contribution in [0.1, 0.15) is 21.6 Å². The maximum Gasteiger partial charge on any atom is 0.433 e. The summed E-state index contributed by atoms with van der Waals surface area (Å²) in [5.74, 6) is -1.65. The molecular formula is C18H17F4N3O4. The van der Waals surface area contributed by atoms with Gasteiger partial charge in [-0.3, -0.25) is 4.79 Å². The number of rotatable bonds is 4. The number of hydrogen-bond donors (Lipinski definition) is 3. The highest BCUT2D eigenvalue weighted by molar-refractivity contribution is 5.95. The number of aromatic hydroxyl groups is 1. The molecule has 0 saturated carbocycles. The fourth-order valence-corrected chi connectivity index (χ4v) is 2.86. The SMILES string of the molecule is NCc1cc(Oc2cc(O)cc(C(=O)N3C[C@@H](O)[C@H](F)C3)c2)nc(C(F)(F)F)c1. The second-order valence-electron chi connectivity index (χ2n) is 6.51. The van der Waals surface area contributed by atoms with E-state index in [1.54, 1.807) is 0 Å². The van der Waals surface area contributed by atoms with Gasteiger partial charge in [-0.05, 0) is 23.8 Å². The van der Waals surface area contributed by atoms with Crippen LogP contribution >= 0.6 is 0 Å². The Hall–Kier alpha value is -2.92. The third-order valence-electron chi connectivity index (χ3n) is 4.26. The summed E-state index contributed by atoms with van der Waals surface area (Å²) in [7, 11) is 0. The van der Waals surface area contributed by atoms with Crippen molar-refractivity contribution in [2.24, 2.45) is 5.73 Å². The molecule has 3 rings (SSSR count). The average Bonchev–Trinajstić information content (AvgIpc) is 2.98. The van der Waals surface area contributed by atoms with Crippen molar-refractivity contribution in [3.63, 3.8) is 0 Å². The molecule has 2 heterocycles. The van der Waals surface area contributed by atoms with Gasteiger partial charge in [-0.25, -0.2) is 9.37 Å². The molecule has 0 aliphatic carbocycles. The van der Waals surface area contributed by atoms with E-state index in [0.29, 0.717) is 0 Å². The summed E-state index contributed by atoms with van der Waals surface area (Å²) >= 11 is 0. The Morgan fingerprint density at radius 1 is 1.24 bits per heavy atom. The van der Waals surface area contributed by atoms with Crippen molar-refractivity contribution in [1.29, 1.82) is 0 Å². The zero-order chi connectivity index (χ0) is 21.3. The Kier molecular flexibility index (Phi) is 5.62. The van der Waals surface area contributed by atoms with Crippen molar-refractivity contribution in [3.05, 3.63) is 47.2 Å². The van der Waals surface area contributed by atoms with Gasteiger partial charge < -0.3 is 25.6 Å². The quantitative estimate of drug-likeness (QED) is 0.661. The number of phenolic OH excluding ortho intramolecular Hbond substituents is 1. The Morgan fingerprint density at radius 3 is 2.55 bits per heavy atom. The van der Waals surface area contributed by atoms with E-state index in [1.165, 1.54) is 12.1 Å². The number of nitrogens with zero attached hydrogens (tertiary/aromatic N) is 2. The summed E-state index contributed by atoms with van der Waals surface area (Å²) in [6.07, 6.45) is -7.62. The third kappa shape index (κ3) is 4.74. The van der Waals surface area contributed by atoms with Crippen molar-refractivity contribution in [2.75, 3.05) is 13.1 Å². The second kappa shape index (κ2) is 7.84. The van der Waals surface area contributed by atoms with Gasteiger partial charge in [0.2, 0.25) is 5.88 Å². The predicted octanol–water partition coefficient (Wildman–Crippen LogP) is 2.21. The van der Waals surface area contributed by atoms with Crippen molar-refractivity contribution < 1.29 is 37.3 Å². The number of hydrogen-bond acceptors (Lipinski definition) is 6. The number of carbonyl (C=O) groups is 1. The molecule has 2 atom stereocenters. The van der Waals surface area contributed by atoms with Crippen LogP contribution in [0.15, 0.2) is 30.3 Å². The van der Waals surface area contributed by atoms with Crippen molar-refractivity contribution in [1.82, 2.24) is 9.88 Å². The number of carbonyl (C=O) groups excluding carboxylic acids is 1. The number of aliphatic hydroxyl groups is 1. The van der Waals surface area contributed by atoms with Gasteiger partial charge in [0, 0.05) is 30.8 Å². The highest BCUT2D eigenvalue weighted by Gasteiger charge is 2.35. The van der Waals surface area contributed by atoms with Crippen LogP contribution in [0.2, 0.25) is 0 Å². The van der Waals surface area contributed by atoms with Crippen molar-refractivity contribution in [2.45, 2.75) is 25.0 Å². The van der Waals surface area contributed by atoms with E-state index in [0.717, 1.165) is 23.1 Å². The van der Waals surface area contributed by atoms with E-state index in [4.69, 9.17) is 10.5 Å². The molecular weight excluding hydrogens is 398 g/mol. The molecule has 4 N–H and O–H groups in total. The van der Waals surface area contributed by atoms with Gasteiger partial charge in [0.15, 0.2) is 0 Å². The number of alkyl halides is 4. The molecule has 0 spiro atoms. The average molecular weight is 415 g/mol. The first-order valence-corrected chi connectivity index (χ1v) is 8.48. The Balaban J connectivity index is 1.88. The van der Waals surface area contributed by atoms with Gasteiger partial charge in [-0.1, -0.05) is 0 Å². The lowest BCUT2D eigenvalue weighted by atomic mass is 10.1. The standard InChI is InChI=1S/C18H17F4N3O4/c19-13-7-25(8-14(13)27)17(28)10-3-11(26)5-12(4-10)29-16-2-9(6-23)1-15(24-16)18(20,21)22/h1-5,13-14,26-27H,6-8,23H2/t13-,14-/m1/s1. The molecule has 156 valence electrons. The number of likely N-dealkylation sites (tertiary alicyclic amines) is 1. The lowest BCUT2D eigenvalue weighted by Crippen LogP contribution is -2.29. The lowest BCUT2D eigenvalue weighted by molar-refractivity contribution is -0.141. The first-order chi connectivity index (χ1) is 13.6. The second-order valence-corrected chi connectivity index (χ2v) is 6.51. The largest absolute Gasteiger partial charge is 0.508 e. The van der Waals surface area contributed by atoms with Crippen LogP contribution in [0.4, 0.5) is 17.6 Å². The van der Waals surface area contributed by atoms with Gasteiger partial charge >= 0.3 is 6.18 Å². The Morgan fingerprint density at radius 2 is 1.97 bits per heavy atom. The van der Waals surface area contributed by atoms with Crippen LogP contribution in [0.3, 0.4) is 0 Å². The Labute approximate surface area is 162 Å². The topological polar surface area (TPSA) is 109 Å². The van der Waals surface area contributed by atoms with Crippen LogP contribution in [0.5, 0.6) is 17.4 Å². The van der Waals surface area contributed by atoms with E-state index in [2.05, 4.69) is 4.98 Å². The third-order valence-corrected chi connectivity index (χ3v) is 4.26. The summed E-state index contributed by atoms with van der Waals surface area (Å²) in [6, 6.07) is 5.33. The number of aliphatic hydroxyl groups excluding tert-OH is 1. The number of halogens is 4. The molecule has 1 fully saturated rings. The first kappa shape index (κ1) is 20.8. The summed E-state index contributed by atoms with van der Waals surface area (Å²) in [4.78, 5) is 16.9. The molecule has 0 unspecified atom stereocenters. The minimum absolute atomic E-state index is 0.0904. The van der Waals surface area contributed by atoms with E-state index >= 15 is 0 Å². The number of benzene rings is 1. The van der Waals surface area contributed by atoms with Crippen LogP contribution in [0, 0.1) is 0 Å². The van der Waals surface area contributed by atoms with Crippen LogP contribution in [-0.4, -0.2) is 51.4 Å². The zero-order valence-corrected chi connectivity index (χ0v) is 14.9. The molecule has 0 bridgehead atoms. The van der Waals surface area contributed by atoms with Crippen molar-refractivity contribution in [3.8, 4) is 17.4 Å². The van der Waals surface area contributed by atoms with Gasteiger partial charge in [0.25, 0.3) is 5.91 Å². The number of ether oxygens (including phenoxy) is 1.